The van der Waals surface area contributed by atoms with Gasteiger partial charge in [-0.15, -0.1) is 11.3 Å². The minimum absolute atomic E-state index is 0.414. The number of rotatable bonds is 7. The van der Waals surface area contributed by atoms with Gasteiger partial charge in [-0.05, 0) is 23.8 Å². The summed E-state index contributed by atoms with van der Waals surface area (Å²) >= 11 is 1.47. The highest BCUT2D eigenvalue weighted by molar-refractivity contribution is 7.10. The van der Waals surface area contributed by atoms with E-state index in [-0.39, 0.29) is 0 Å². The van der Waals surface area contributed by atoms with Crippen molar-refractivity contribution in [3.63, 3.8) is 0 Å². The van der Waals surface area contributed by atoms with Crippen molar-refractivity contribution < 1.29 is 14.6 Å². The van der Waals surface area contributed by atoms with Crippen molar-refractivity contribution in [3.05, 3.63) is 51.7 Å². The Bertz CT molecular complexity index is 612. The van der Waals surface area contributed by atoms with Crippen LogP contribution < -0.4 is 15.8 Å². The second-order valence-electron chi connectivity index (χ2n) is 4.59. The highest BCUT2D eigenvalue weighted by Crippen LogP contribution is 2.19. The number of methoxy groups -OCH3 is 1. The Morgan fingerprint density at radius 2 is 2.29 bits per heavy atom. The molecule has 0 spiro atoms. The Morgan fingerprint density at radius 1 is 1.48 bits per heavy atom. The Kier molecular flexibility index (Phi) is 5.32. The predicted octanol–water partition coefficient (Wildman–Crippen LogP) is 1.68. The van der Waals surface area contributed by atoms with Gasteiger partial charge in [0.25, 0.3) is 0 Å². The highest BCUT2D eigenvalue weighted by Gasteiger charge is 2.09. The van der Waals surface area contributed by atoms with Crippen LogP contribution in [-0.4, -0.2) is 24.7 Å². The molecule has 0 radical (unpaired) electrons. The summed E-state index contributed by atoms with van der Waals surface area (Å²) in [6, 6.07) is 9.10. The molecule has 1 unspecified atom stereocenters. The van der Waals surface area contributed by atoms with Crippen LogP contribution in [0.5, 0.6) is 5.75 Å². The Hall–Kier alpha value is -1.89. The molecule has 1 atom stereocenters. The summed E-state index contributed by atoms with van der Waals surface area (Å²) in [5.41, 5.74) is 6.52. The zero-order valence-electron chi connectivity index (χ0n) is 11.7. The van der Waals surface area contributed by atoms with E-state index in [2.05, 4.69) is 5.32 Å². The van der Waals surface area contributed by atoms with Crippen molar-refractivity contribution in [1.82, 2.24) is 5.32 Å². The predicted molar refractivity (Wildman–Crippen MR) is 82.5 cm³/mol. The van der Waals surface area contributed by atoms with Crippen LogP contribution in [-0.2, 0) is 6.54 Å². The lowest BCUT2D eigenvalue weighted by atomic mass is 10.1. The van der Waals surface area contributed by atoms with Gasteiger partial charge < -0.3 is 20.9 Å². The van der Waals surface area contributed by atoms with Crippen molar-refractivity contribution in [3.8, 4) is 5.75 Å². The summed E-state index contributed by atoms with van der Waals surface area (Å²) in [5, 5.41) is 15.0. The van der Waals surface area contributed by atoms with Gasteiger partial charge in [0, 0.05) is 23.3 Å². The van der Waals surface area contributed by atoms with Gasteiger partial charge in [-0.2, -0.15) is 0 Å². The third-order valence-corrected chi connectivity index (χ3v) is 3.99. The van der Waals surface area contributed by atoms with E-state index in [4.69, 9.17) is 10.5 Å². The summed E-state index contributed by atoms with van der Waals surface area (Å²) in [4.78, 5) is 12.0. The van der Waals surface area contributed by atoms with Gasteiger partial charge in [-0.1, -0.05) is 12.1 Å². The number of aliphatic hydroxyl groups is 1. The molecule has 1 heterocycles. The number of primary amides is 1. The first-order valence-corrected chi connectivity index (χ1v) is 7.38. The molecular formula is C15H18N2O3S. The molecule has 1 amide bonds. The largest absolute Gasteiger partial charge is 0.497 e. The molecule has 112 valence electrons. The maximum atomic E-state index is 11.0. The number of carbonyl (C=O) groups is 1. The molecule has 0 aliphatic rings. The van der Waals surface area contributed by atoms with E-state index in [1.165, 1.54) is 11.3 Å². The van der Waals surface area contributed by atoms with Gasteiger partial charge >= 0.3 is 0 Å². The minimum Gasteiger partial charge on any atom is -0.497 e. The molecule has 2 rings (SSSR count). The van der Waals surface area contributed by atoms with Crippen LogP contribution in [0.3, 0.4) is 0 Å². The zero-order valence-corrected chi connectivity index (χ0v) is 12.5. The van der Waals surface area contributed by atoms with E-state index in [0.29, 0.717) is 18.7 Å². The van der Waals surface area contributed by atoms with Crippen LogP contribution in [0.15, 0.2) is 35.7 Å². The fourth-order valence-electron chi connectivity index (χ4n) is 1.90. The topological polar surface area (TPSA) is 84.6 Å². The van der Waals surface area contributed by atoms with Crippen molar-refractivity contribution >= 4 is 17.2 Å². The molecule has 1 aromatic carbocycles. The molecule has 0 saturated heterocycles. The molecule has 4 N–H and O–H groups in total. The molecule has 0 saturated carbocycles. The van der Waals surface area contributed by atoms with Gasteiger partial charge in [0.1, 0.15) is 5.75 Å². The summed E-state index contributed by atoms with van der Waals surface area (Å²) in [6.45, 7) is 0.996. The normalized spacial score (nSPS) is 12.1. The number of hydrogen-bond acceptors (Lipinski definition) is 5. The summed E-state index contributed by atoms with van der Waals surface area (Å²) in [5.74, 6) is 0.296. The molecule has 21 heavy (non-hydrogen) atoms. The number of nitrogens with one attached hydrogen (secondary N) is 1. The number of hydrogen-bond donors (Lipinski definition) is 3. The van der Waals surface area contributed by atoms with Crippen LogP contribution in [0.4, 0.5) is 0 Å². The number of thiophene rings is 1. The number of benzene rings is 1. The number of aliphatic hydroxyl groups excluding tert-OH is 1. The maximum Gasteiger partial charge on any atom is 0.249 e. The fraction of sp³-hybridized carbons (Fsp3) is 0.267. The van der Waals surface area contributed by atoms with Gasteiger partial charge in [-0.3, -0.25) is 4.79 Å². The third kappa shape index (κ3) is 4.29. The standard InChI is InChI=1S/C15H18N2O3S/c1-20-12-4-2-3-10(5-12)14(18)8-17-7-13-6-11(9-21-13)15(16)19/h2-6,9,14,17-18H,7-8H2,1H3,(H2,16,19). The minimum atomic E-state index is -0.615. The second-order valence-corrected chi connectivity index (χ2v) is 5.59. The highest BCUT2D eigenvalue weighted by atomic mass is 32.1. The number of amides is 1. The van der Waals surface area contributed by atoms with Crippen LogP contribution in [0.1, 0.15) is 26.9 Å². The Morgan fingerprint density at radius 3 is 2.95 bits per heavy atom. The summed E-state index contributed by atoms with van der Waals surface area (Å²) < 4.78 is 5.13. The molecule has 6 heteroatoms. The molecule has 0 aliphatic heterocycles. The Labute approximate surface area is 127 Å². The smallest absolute Gasteiger partial charge is 0.249 e. The summed E-state index contributed by atoms with van der Waals surface area (Å²) in [7, 11) is 1.59. The molecule has 2 aromatic rings. The summed E-state index contributed by atoms with van der Waals surface area (Å²) in [6.07, 6.45) is -0.615. The van der Waals surface area contributed by atoms with Crippen LogP contribution in [0.2, 0.25) is 0 Å². The zero-order chi connectivity index (χ0) is 15.2. The number of carbonyl (C=O) groups excluding carboxylic acids is 1. The van der Waals surface area contributed by atoms with Crippen molar-refractivity contribution in [2.45, 2.75) is 12.6 Å². The molecule has 5 nitrogen and oxygen atoms in total. The SMILES string of the molecule is COc1cccc(C(O)CNCc2cc(C(N)=O)cs2)c1. The van der Waals surface area contributed by atoms with Gasteiger partial charge in [0.05, 0.1) is 18.8 Å². The Balaban J connectivity index is 1.85. The van der Waals surface area contributed by atoms with Gasteiger partial charge in [-0.25, -0.2) is 0 Å². The second kappa shape index (κ2) is 7.21. The molecule has 0 fully saturated rings. The number of ether oxygens (including phenoxy) is 1. The molecule has 0 aliphatic carbocycles. The quantitative estimate of drug-likeness (QED) is 0.726. The lowest BCUT2D eigenvalue weighted by molar-refractivity contribution is 0.100. The van der Waals surface area contributed by atoms with E-state index in [1.54, 1.807) is 18.6 Å². The fourth-order valence-corrected chi connectivity index (χ4v) is 2.74. The van der Waals surface area contributed by atoms with Gasteiger partial charge in [0.2, 0.25) is 5.91 Å². The van der Waals surface area contributed by atoms with E-state index in [9.17, 15) is 9.90 Å². The first-order chi connectivity index (χ1) is 10.1. The van der Waals surface area contributed by atoms with E-state index in [0.717, 1.165) is 16.2 Å². The van der Waals surface area contributed by atoms with E-state index >= 15 is 0 Å². The molecule has 0 bridgehead atoms. The van der Waals surface area contributed by atoms with E-state index < -0.39 is 12.0 Å². The van der Waals surface area contributed by atoms with Crippen LogP contribution in [0, 0.1) is 0 Å². The van der Waals surface area contributed by atoms with Crippen molar-refractivity contribution in [2.75, 3.05) is 13.7 Å². The van der Waals surface area contributed by atoms with Gasteiger partial charge in [0.15, 0.2) is 0 Å². The van der Waals surface area contributed by atoms with Crippen molar-refractivity contribution in [1.29, 1.82) is 0 Å². The van der Waals surface area contributed by atoms with Crippen LogP contribution >= 0.6 is 11.3 Å². The average molecular weight is 306 g/mol. The molecule has 1 aromatic heterocycles. The van der Waals surface area contributed by atoms with E-state index in [1.807, 2.05) is 24.3 Å². The number of nitrogens with two attached hydrogens (primary N) is 1. The van der Waals surface area contributed by atoms with Crippen LogP contribution in [0.25, 0.3) is 0 Å². The third-order valence-electron chi connectivity index (χ3n) is 3.05. The molecular weight excluding hydrogens is 288 g/mol. The monoisotopic (exact) mass is 306 g/mol. The lowest BCUT2D eigenvalue weighted by Crippen LogP contribution is -2.20. The lowest BCUT2D eigenvalue weighted by Gasteiger charge is -2.12. The first-order valence-electron chi connectivity index (χ1n) is 6.50. The van der Waals surface area contributed by atoms with Crippen molar-refractivity contribution in [2.24, 2.45) is 5.73 Å². The maximum absolute atomic E-state index is 11.0. The first kappa shape index (κ1) is 15.5. The average Bonchev–Trinajstić information content (AvgIpc) is 2.96.